The molecular formula is C29H33N3O3. The number of rotatable bonds is 5. The van der Waals surface area contributed by atoms with Crippen LogP contribution >= 0.6 is 0 Å². The monoisotopic (exact) mass is 471 g/mol. The maximum Gasteiger partial charge on any atom is 0.322 e. The molecule has 0 bridgehead atoms. The number of ether oxygens (including phenoxy) is 1. The van der Waals surface area contributed by atoms with E-state index in [-0.39, 0.29) is 24.0 Å². The average Bonchev–Trinajstić information content (AvgIpc) is 2.85. The number of carbonyl (C=O) groups excluding carboxylic acids is 2. The van der Waals surface area contributed by atoms with Gasteiger partial charge in [0.1, 0.15) is 5.75 Å². The molecule has 0 aliphatic carbocycles. The molecule has 6 heteroatoms. The van der Waals surface area contributed by atoms with Gasteiger partial charge in [0.05, 0.1) is 13.2 Å². The lowest BCUT2D eigenvalue weighted by atomic mass is 9.88. The number of hydrogen-bond acceptors (Lipinski definition) is 3. The topological polar surface area (TPSA) is 61.9 Å². The second kappa shape index (κ2) is 10.2. The van der Waals surface area contributed by atoms with Gasteiger partial charge in [-0.2, -0.15) is 0 Å². The zero-order valence-corrected chi connectivity index (χ0v) is 21.0. The molecule has 3 amide bonds. The maximum atomic E-state index is 13.7. The zero-order valence-electron chi connectivity index (χ0n) is 21.0. The summed E-state index contributed by atoms with van der Waals surface area (Å²) in [4.78, 5) is 30.7. The number of anilines is 2. The zero-order chi connectivity index (χ0) is 25.1. The quantitative estimate of drug-likeness (QED) is 0.494. The van der Waals surface area contributed by atoms with Crippen molar-refractivity contribution < 1.29 is 14.3 Å². The van der Waals surface area contributed by atoms with Crippen molar-refractivity contribution in [3.63, 3.8) is 0 Å². The summed E-state index contributed by atoms with van der Waals surface area (Å²) in [5.74, 6) is 0.642. The van der Waals surface area contributed by atoms with Crippen LogP contribution in [0.3, 0.4) is 0 Å². The molecule has 0 spiro atoms. The SMILES string of the molecule is CCNC(=O)N(c1ccc(C)cc1)C1CC(C)N(C(=O)c2ccc(OC)cc2)c2ccc(C)cc21. The van der Waals surface area contributed by atoms with Gasteiger partial charge in [-0.1, -0.05) is 35.4 Å². The molecule has 0 saturated carbocycles. The Morgan fingerprint density at radius 2 is 1.66 bits per heavy atom. The molecule has 1 N–H and O–H groups in total. The minimum absolute atomic E-state index is 0.0661. The lowest BCUT2D eigenvalue weighted by molar-refractivity contribution is 0.0973. The van der Waals surface area contributed by atoms with E-state index < -0.39 is 0 Å². The summed E-state index contributed by atoms with van der Waals surface area (Å²) in [6.07, 6.45) is 0.614. The van der Waals surface area contributed by atoms with E-state index in [1.807, 2.05) is 73.9 Å². The van der Waals surface area contributed by atoms with E-state index in [4.69, 9.17) is 4.74 Å². The van der Waals surface area contributed by atoms with Crippen LogP contribution in [-0.2, 0) is 0 Å². The van der Waals surface area contributed by atoms with E-state index in [0.717, 1.165) is 28.1 Å². The third-order valence-corrected chi connectivity index (χ3v) is 6.53. The third-order valence-electron chi connectivity index (χ3n) is 6.53. The minimum Gasteiger partial charge on any atom is -0.497 e. The van der Waals surface area contributed by atoms with Crippen LogP contribution in [0.1, 0.15) is 53.4 Å². The van der Waals surface area contributed by atoms with Crippen LogP contribution in [0.25, 0.3) is 0 Å². The number of fused-ring (bicyclic) bond motifs is 1. The first-order valence-electron chi connectivity index (χ1n) is 12.1. The molecule has 0 aromatic heterocycles. The predicted molar refractivity (Wildman–Crippen MR) is 141 cm³/mol. The summed E-state index contributed by atoms with van der Waals surface area (Å²) in [7, 11) is 1.61. The molecule has 182 valence electrons. The van der Waals surface area contributed by atoms with E-state index in [9.17, 15) is 9.59 Å². The molecule has 4 rings (SSSR count). The van der Waals surface area contributed by atoms with Gasteiger partial charge in [-0.3, -0.25) is 9.69 Å². The van der Waals surface area contributed by atoms with Crippen molar-refractivity contribution in [3.8, 4) is 5.75 Å². The first-order valence-corrected chi connectivity index (χ1v) is 12.1. The summed E-state index contributed by atoms with van der Waals surface area (Å²) in [6, 6.07) is 20.8. The Morgan fingerprint density at radius 1 is 1.00 bits per heavy atom. The Bertz CT molecular complexity index is 1200. The number of benzene rings is 3. The van der Waals surface area contributed by atoms with E-state index in [1.54, 1.807) is 31.4 Å². The van der Waals surface area contributed by atoms with Crippen LogP contribution in [0, 0.1) is 13.8 Å². The van der Waals surface area contributed by atoms with Gasteiger partial charge in [0.25, 0.3) is 5.91 Å². The first-order chi connectivity index (χ1) is 16.8. The Kier molecular flexibility index (Phi) is 7.10. The second-order valence-corrected chi connectivity index (χ2v) is 9.11. The molecule has 1 aliphatic heterocycles. The van der Waals surface area contributed by atoms with Crippen molar-refractivity contribution in [2.75, 3.05) is 23.5 Å². The molecular weight excluding hydrogens is 438 g/mol. The molecule has 2 atom stereocenters. The van der Waals surface area contributed by atoms with Crippen molar-refractivity contribution in [3.05, 3.63) is 89.0 Å². The summed E-state index contributed by atoms with van der Waals surface area (Å²) in [6.45, 7) is 8.56. The molecule has 35 heavy (non-hydrogen) atoms. The van der Waals surface area contributed by atoms with Crippen molar-refractivity contribution in [2.45, 2.75) is 46.2 Å². The van der Waals surface area contributed by atoms with Gasteiger partial charge in [0.2, 0.25) is 0 Å². The Morgan fingerprint density at radius 3 is 2.29 bits per heavy atom. The number of amides is 3. The van der Waals surface area contributed by atoms with E-state index in [0.29, 0.717) is 24.3 Å². The van der Waals surface area contributed by atoms with Gasteiger partial charge in [0, 0.05) is 29.5 Å². The van der Waals surface area contributed by atoms with Gasteiger partial charge in [-0.05, 0) is 82.1 Å². The van der Waals surface area contributed by atoms with Gasteiger partial charge < -0.3 is 15.0 Å². The minimum atomic E-state index is -0.214. The normalized spacial score (nSPS) is 16.9. The number of methoxy groups -OCH3 is 1. The van der Waals surface area contributed by atoms with E-state index in [1.165, 1.54) is 0 Å². The molecule has 6 nitrogen and oxygen atoms in total. The molecule has 1 aliphatic rings. The van der Waals surface area contributed by atoms with Crippen LogP contribution < -0.4 is 19.9 Å². The van der Waals surface area contributed by atoms with Crippen molar-refractivity contribution >= 4 is 23.3 Å². The summed E-state index contributed by atoms with van der Waals surface area (Å²) in [5, 5.41) is 2.98. The molecule has 2 unspecified atom stereocenters. The summed E-state index contributed by atoms with van der Waals surface area (Å²) in [5.41, 5.74) is 5.45. The van der Waals surface area contributed by atoms with Gasteiger partial charge in [0.15, 0.2) is 0 Å². The first kappa shape index (κ1) is 24.3. The largest absolute Gasteiger partial charge is 0.497 e. The summed E-state index contributed by atoms with van der Waals surface area (Å²) >= 11 is 0. The molecule has 1 heterocycles. The van der Waals surface area contributed by atoms with Crippen LogP contribution in [0.4, 0.5) is 16.2 Å². The Balaban J connectivity index is 1.79. The number of nitrogens with zero attached hydrogens (tertiary/aromatic N) is 2. The highest BCUT2D eigenvalue weighted by molar-refractivity contribution is 6.07. The van der Waals surface area contributed by atoms with Crippen molar-refractivity contribution in [2.24, 2.45) is 0 Å². The highest BCUT2D eigenvalue weighted by Crippen LogP contribution is 2.43. The van der Waals surface area contributed by atoms with Crippen LogP contribution in [0.5, 0.6) is 5.75 Å². The highest BCUT2D eigenvalue weighted by Gasteiger charge is 2.39. The Hall–Kier alpha value is -3.80. The molecule has 3 aromatic carbocycles. The number of carbonyl (C=O) groups is 2. The van der Waals surface area contributed by atoms with Crippen molar-refractivity contribution in [1.82, 2.24) is 5.32 Å². The number of hydrogen-bond donors (Lipinski definition) is 1. The fraction of sp³-hybridized carbons (Fsp3) is 0.310. The second-order valence-electron chi connectivity index (χ2n) is 9.11. The maximum absolute atomic E-state index is 13.7. The van der Waals surface area contributed by atoms with Crippen molar-refractivity contribution in [1.29, 1.82) is 0 Å². The van der Waals surface area contributed by atoms with E-state index >= 15 is 0 Å². The molecule has 0 radical (unpaired) electrons. The lowest BCUT2D eigenvalue weighted by Crippen LogP contribution is -2.50. The Labute approximate surface area is 207 Å². The fourth-order valence-corrected chi connectivity index (χ4v) is 4.76. The number of urea groups is 1. The van der Waals surface area contributed by atoms with Gasteiger partial charge in [-0.25, -0.2) is 4.79 Å². The van der Waals surface area contributed by atoms with Crippen LogP contribution in [-0.4, -0.2) is 31.6 Å². The summed E-state index contributed by atoms with van der Waals surface area (Å²) < 4.78 is 5.25. The fourth-order valence-electron chi connectivity index (χ4n) is 4.76. The number of nitrogens with one attached hydrogen (secondary N) is 1. The molecule has 0 fully saturated rings. The van der Waals surface area contributed by atoms with Gasteiger partial charge >= 0.3 is 6.03 Å². The average molecular weight is 472 g/mol. The van der Waals surface area contributed by atoms with E-state index in [2.05, 4.69) is 11.4 Å². The highest BCUT2D eigenvalue weighted by atomic mass is 16.5. The molecule has 0 saturated heterocycles. The smallest absolute Gasteiger partial charge is 0.322 e. The van der Waals surface area contributed by atoms with Gasteiger partial charge in [-0.15, -0.1) is 0 Å². The standard InChI is InChI=1S/C29H33N3O3/c1-6-30-29(34)32(23-12-7-19(2)8-13-23)27-18-21(4)31(26-16-9-20(3)17-25(26)27)28(33)22-10-14-24(35-5)15-11-22/h7-17,21,27H,6,18H2,1-5H3,(H,30,34). The lowest BCUT2D eigenvalue weighted by Gasteiger charge is -2.43. The van der Waals surface area contributed by atoms with Crippen LogP contribution in [0.2, 0.25) is 0 Å². The third kappa shape index (κ3) is 4.87. The number of aryl methyl sites for hydroxylation is 2. The predicted octanol–water partition coefficient (Wildman–Crippen LogP) is 6.03. The molecule has 3 aromatic rings. The van der Waals surface area contributed by atoms with Crippen LogP contribution in [0.15, 0.2) is 66.7 Å².